The smallest absolute Gasteiger partial charge is 0.175 e. The molecule has 1 aromatic carbocycles. The minimum Gasteiger partial charge on any atom is -0.496 e. The molecular weight excluding hydrogens is 262 g/mol. The first kappa shape index (κ1) is 14.1. The van der Waals surface area contributed by atoms with Crippen LogP contribution in [-0.2, 0) is 14.6 Å². The first-order valence-electron chi connectivity index (χ1n) is 6.32. The van der Waals surface area contributed by atoms with Crippen molar-refractivity contribution in [1.29, 1.82) is 0 Å². The molecule has 0 amide bonds. The van der Waals surface area contributed by atoms with E-state index in [0.29, 0.717) is 4.90 Å². The summed E-state index contributed by atoms with van der Waals surface area (Å²) in [7, 11) is -1.27. The quantitative estimate of drug-likeness (QED) is 0.917. The first-order valence-corrected chi connectivity index (χ1v) is 8.21. The van der Waals surface area contributed by atoms with E-state index in [2.05, 4.69) is 11.4 Å². The highest BCUT2D eigenvalue weighted by Crippen LogP contribution is 2.26. The van der Waals surface area contributed by atoms with Gasteiger partial charge in [0, 0.05) is 6.26 Å². The van der Waals surface area contributed by atoms with Crippen LogP contribution in [0.4, 0.5) is 0 Å². The fourth-order valence-electron chi connectivity index (χ4n) is 2.16. The predicted molar refractivity (Wildman–Crippen MR) is 74.6 cm³/mol. The SMILES string of the molecule is CNC(C1=CCCCO1)c1ccc(S(C)(=O)=O)cc1. The molecule has 1 aliphatic rings. The Morgan fingerprint density at radius 3 is 2.42 bits per heavy atom. The van der Waals surface area contributed by atoms with Crippen LogP contribution in [0.5, 0.6) is 0 Å². The highest BCUT2D eigenvalue weighted by molar-refractivity contribution is 7.90. The van der Waals surface area contributed by atoms with Crippen molar-refractivity contribution in [3.8, 4) is 0 Å². The van der Waals surface area contributed by atoms with Gasteiger partial charge in [-0.25, -0.2) is 8.42 Å². The van der Waals surface area contributed by atoms with Crippen molar-refractivity contribution in [2.75, 3.05) is 19.9 Å². The third-order valence-corrected chi connectivity index (χ3v) is 4.31. The molecule has 5 heteroatoms. The van der Waals surface area contributed by atoms with Gasteiger partial charge < -0.3 is 10.1 Å². The van der Waals surface area contributed by atoms with Gasteiger partial charge >= 0.3 is 0 Å². The number of sulfone groups is 1. The van der Waals surface area contributed by atoms with Crippen LogP contribution in [0.25, 0.3) is 0 Å². The molecule has 4 nitrogen and oxygen atoms in total. The minimum absolute atomic E-state index is 0.0195. The van der Waals surface area contributed by atoms with Crippen LogP contribution >= 0.6 is 0 Å². The van der Waals surface area contributed by atoms with E-state index in [0.717, 1.165) is 30.8 Å². The van der Waals surface area contributed by atoms with E-state index >= 15 is 0 Å². The molecule has 1 heterocycles. The molecule has 0 aromatic heterocycles. The van der Waals surface area contributed by atoms with E-state index in [9.17, 15) is 8.42 Å². The van der Waals surface area contributed by atoms with Crippen LogP contribution in [-0.4, -0.2) is 28.3 Å². The molecule has 1 atom stereocenters. The maximum Gasteiger partial charge on any atom is 0.175 e. The second-order valence-electron chi connectivity index (χ2n) is 4.66. The van der Waals surface area contributed by atoms with Crippen LogP contribution < -0.4 is 5.32 Å². The zero-order chi connectivity index (χ0) is 13.9. The summed E-state index contributed by atoms with van der Waals surface area (Å²) < 4.78 is 28.5. The van der Waals surface area contributed by atoms with Crippen LogP contribution in [0, 0.1) is 0 Å². The number of rotatable bonds is 4. The molecule has 1 aromatic rings. The number of likely N-dealkylation sites (N-methyl/N-ethyl adjacent to an activating group) is 1. The summed E-state index contributed by atoms with van der Waals surface area (Å²) in [4.78, 5) is 0.338. The molecular formula is C14H19NO3S. The maximum absolute atomic E-state index is 11.4. The highest BCUT2D eigenvalue weighted by atomic mass is 32.2. The summed E-state index contributed by atoms with van der Waals surface area (Å²) in [6, 6.07) is 6.91. The summed E-state index contributed by atoms with van der Waals surface area (Å²) in [5.74, 6) is 0.917. The number of benzene rings is 1. The monoisotopic (exact) mass is 281 g/mol. The van der Waals surface area contributed by atoms with E-state index in [-0.39, 0.29) is 6.04 Å². The normalized spacial score (nSPS) is 17.5. The number of allylic oxidation sites excluding steroid dienone is 1. The second-order valence-corrected chi connectivity index (χ2v) is 6.68. The summed E-state index contributed by atoms with van der Waals surface area (Å²) in [5.41, 5.74) is 1.00. The average Bonchev–Trinajstić information content (AvgIpc) is 2.40. The Hall–Kier alpha value is -1.33. The van der Waals surface area contributed by atoms with Gasteiger partial charge in [-0.2, -0.15) is 0 Å². The lowest BCUT2D eigenvalue weighted by Gasteiger charge is -2.23. The van der Waals surface area contributed by atoms with Crippen molar-refractivity contribution in [1.82, 2.24) is 5.32 Å². The van der Waals surface area contributed by atoms with Gasteiger partial charge in [-0.1, -0.05) is 12.1 Å². The lowest BCUT2D eigenvalue weighted by atomic mass is 10.0. The Balaban J connectivity index is 2.27. The van der Waals surface area contributed by atoms with Crippen molar-refractivity contribution in [3.63, 3.8) is 0 Å². The molecule has 104 valence electrons. The summed E-state index contributed by atoms with van der Waals surface area (Å²) >= 11 is 0. The fraction of sp³-hybridized carbons (Fsp3) is 0.429. The van der Waals surface area contributed by atoms with Gasteiger partial charge in [0.15, 0.2) is 9.84 Å². The highest BCUT2D eigenvalue weighted by Gasteiger charge is 2.18. The minimum atomic E-state index is -3.14. The molecule has 0 bridgehead atoms. The molecule has 0 spiro atoms. The summed E-state index contributed by atoms with van der Waals surface area (Å²) in [6.07, 6.45) is 5.38. The van der Waals surface area contributed by atoms with E-state index in [1.54, 1.807) is 12.1 Å². The van der Waals surface area contributed by atoms with Crippen LogP contribution in [0.2, 0.25) is 0 Å². The Kier molecular flexibility index (Phi) is 4.27. The third kappa shape index (κ3) is 3.36. The van der Waals surface area contributed by atoms with Crippen molar-refractivity contribution in [3.05, 3.63) is 41.7 Å². The van der Waals surface area contributed by atoms with Gasteiger partial charge in [-0.3, -0.25) is 0 Å². The lowest BCUT2D eigenvalue weighted by Crippen LogP contribution is -2.22. The zero-order valence-electron chi connectivity index (χ0n) is 11.2. The third-order valence-electron chi connectivity index (χ3n) is 3.18. The standard InChI is InChI=1S/C14H19NO3S/c1-15-14(13-5-3-4-10-18-13)11-6-8-12(9-7-11)19(2,16)17/h5-9,14-15H,3-4,10H2,1-2H3. The van der Waals surface area contributed by atoms with Gasteiger partial charge in [0.25, 0.3) is 0 Å². The molecule has 19 heavy (non-hydrogen) atoms. The van der Waals surface area contributed by atoms with Gasteiger partial charge in [0.2, 0.25) is 0 Å². The topological polar surface area (TPSA) is 55.4 Å². The predicted octanol–water partition coefficient (Wildman–Crippen LogP) is 2.04. The second kappa shape index (κ2) is 5.75. The molecule has 1 aliphatic heterocycles. The molecule has 0 saturated carbocycles. The Labute approximate surface area is 114 Å². The summed E-state index contributed by atoms with van der Waals surface area (Å²) in [6.45, 7) is 0.742. The largest absolute Gasteiger partial charge is 0.496 e. The first-order chi connectivity index (χ1) is 9.02. The van der Waals surface area contributed by atoms with Crippen molar-refractivity contribution in [2.24, 2.45) is 0 Å². The van der Waals surface area contributed by atoms with Gasteiger partial charge in [0.1, 0.15) is 5.76 Å². The Morgan fingerprint density at radius 2 is 1.95 bits per heavy atom. The molecule has 0 aliphatic carbocycles. The summed E-state index contributed by atoms with van der Waals surface area (Å²) in [5, 5.41) is 3.20. The molecule has 1 unspecified atom stereocenters. The lowest BCUT2D eigenvalue weighted by molar-refractivity contribution is 0.169. The number of hydrogen-bond donors (Lipinski definition) is 1. The number of hydrogen-bond acceptors (Lipinski definition) is 4. The van der Waals surface area contributed by atoms with E-state index in [4.69, 9.17) is 4.74 Å². The number of ether oxygens (including phenoxy) is 1. The molecule has 0 fully saturated rings. The van der Waals surface area contributed by atoms with E-state index < -0.39 is 9.84 Å². The van der Waals surface area contributed by atoms with Gasteiger partial charge in [-0.05, 0) is 43.7 Å². The molecule has 0 saturated heterocycles. The van der Waals surface area contributed by atoms with Crippen LogP contribution in [0.1, 0.15) is 24.4 Å². The van der Waals surface area contributed by atoms with Crippen molar-refractivity contribution < 1.29 is 13.2 Å². The maximum atomic E-state index is 11.4. The average molecular weight is 281 g/mol. The van der Waals surface area contributed by atoms with Gasteiger partial charge in [0.05, 0.1) is 17.5 Å². The van der Waals surface area contributed by atoms with Crippen LogP contribution in [0.15, 0.2) is 41.0 Å². The molecule has 2 rings (SSSR count). The number of nitrogens with one attached hydrogen (secondary N) is 1. The van der Waals surface area contributed by atoms with Crippen molar-refractivity contribution >= 4 is 9.84 Å². The van der Waals surface area contributed by atoms with Gasteiger partial charge in [-0.15, -0.1) is 0 Å². The zero-order valence-corrected chi connectivity index (χ0v) is 12.0. The van der Waals surface area contributed by atoms with E-state index in [1.165, 1.54) is 6.26 Å². The Morgan fingerprint density at radius 1 is 1.26 bits per heavy atom. The van der Waals surface area contributed by atoms with E-state index in [1.807, 2.05) is 19.2 Å². The van der Waals surface area contributed by atoms with Crippen LogP contribution in [0.3, 0.4) is 0 Å². The molecule has 0 radical (unpaired) electrons. The Bertz CT molecular complexity index is 561. The fourth-order valence-corrected chi connectivity index (χ4v) is 2.79. The van der Waals surface area contributed by atoms with Crippen molar-refractivity contribution in [2.45, 2.75) is 23.8 Å². The molecule has 1 N–H and O–H groups in total.